The molecule has 0 spiro atoms. The minimum Gasteiger partial charge on any atom is -0.328 e. The summed E-state index contributed by atoms with van der Waals surface area (Å²) >= 11 is 5.85. The van der Waals surface area contributed by atoms with Crippen molar-refractivity contribution in [1.82, 2.24) is 24.1 Å². The molecule has 0 aliphatic heterocycles. The predicted molar refractivity (Wildman–Crippen MR) is 77.0 cm³/mol. The molecule has 3 heterocycles. The van der Waals surface area contributed by atoms with Gasteiger partial charge in [0.1, 0.15) is 12.1 Å². The average molecular weight is 288 g/mol. The third kappa shape index (κ3) is 2.44. The number of nitrogens with zero attached hydrogens (tertiary/aromatic N) is 5. The summed E-state index contributed by atoms with van der Waals surface area (Å²) in [6.45, 7) is 2.13. The molecule has 0 aromatic carbocycles. The second-order valence-corrected chi connectivity index (χ2v) is 4.91. The summed E-state index contributed by atoms with van der Waals surface area (Å²) in [5, 5.41) is 0.624. The maximum absolute atomic E-state index is 5.85. The molecule has 0 aliphatic rings. The first-order valence-corrected chi connectivity index (χ1v) is 6.79. The monoisotopic (exact) mass is 287 g/mol. The van der Waals surface area contributed by atoms with Crippen LogP contribution in [0.3, 0.4) is 0 Å². The molecule has 1 unspecified atom stereocenters. The highest BCUT2D eigenvalue weighted by Crippen LogP contribution is 2.21. The number of pyridine rings is 1. The molecule has 5 nitrogen and oxygen atoms in total. The Morgan fingerprint density at radius 3 is 2.80 bits per heavy atom. The van der Waals surface area contributed by atoms with Gasteiger partial charge in [0, 0.05) is 24.8 Å². The van der Waals surface area contributed by atoms with Crippen molar-refractivity contribution < 1.29 is 0 Å². The lowest BCUT2D eigenvalue weighted by atomic mass is 10.1. The highest BCUT2D eigenvalue weighted by Gasteiger charge is 2.14. The fourth-order valence-corrected chi connectivity index (χ4v) is 2.29. The van der Waals surface area contributed by atoms with Gasteiger partial charge in [0.15, 0.2) is 0 Å². The summed E-state index contributed by atoms with van der Waals surface area (Å²) in [6.07, 6.45) is 11.9. The minimum atomic E-state index is 0.186. The van der Waals surface area contributed by atoms with Gasteiger partial charge in [0.2, 0.25) is 0 Å². The van der Waals surface area contributed by atoms with Crippen LogP contribution in [0.2, 0.25) is 5.02 Å². The van der Waals surface area contributed by atoms with Crippen molar-refractivity contribution in [3.05, 3.63) is 60.3 Å². The summed E-state index contributed by atoms with van der Waals surface area (Å²) in [6, 6.07) is 3.87. The number of aromatic nitrogens is 5. The van der Waals surface area contributed by atoms with Crippen LogP contribution >= 0.6 is 11.6 Å². The van der Waals surface area contributed by atoms with E-state index in [-0.39, 0.29) is 6.04 Å². The lowest BCUT2D eigenvalue weighted by Gasteiger charge is -2.13. The molecular formula is C14H14ClN5. The van der Waals surface area contributed by atoms with Gasteiger partial charge < -0.3 is 4.57 Å². The van der Waals surface area contributed by atoms with Crippen molar-refractivity contribution in [2.45, 2.75) is 19.4 Å². The van der Waals surface area contributed by atoms with Crippen molar-refractivity contribution in [3.63, 3.8) is 0 Å². The lowest BCUT2D eigenvalue weighted by molar-refractivity contribution is 0.553. The number of imidazole rings is 2. The zero-order chi connectivity index (χ0) is 13.9. The Morgan fingerprint density at radius 1 is 1.25 bits per heavy atom. The molecule has 0 fully saturated rings. The van der Waals surface area contributed by atoms with E-state index in [0.29, 0.717) is 5.02 Å². The number of hydrogen-bond acceptors (Lipinski definition) is 3. The molecule has 20 heavy (non-hydrogen) atoms. The molecule has 3 rings (SSSR count). The summed E-state index contributed by atoms with van der Waals surface area (Å²) in [7, 11) is 0. The van der Waals surface area contributed by atoms with Gasteiger partial charge in [-0.3, -0.25) is 4.57 Å². The highest BCUT2D eigenvalue weighted by atomic mass is 35.5. The van der Waals surface area contributed by atoms with E-state index in [1.807, 2.05) is 35.4 Å². The standard InChI is InChI=1S/C14H14ClN5/c1-2-13(19-6-5-16-9-19)12-8-20(10-18-12)14-4-3-11(15)7-17-14/h3-10,13H,2H2,1H3. The first kappa shape index (κ1) is 12.9. The summed E-state index contributed by atoms with van der Waals surface area (Å²) in [5.41, 5.74) is 0.988. The van der Waals surface area contributed by atoms with Crippen LogP contribution in [-0.4, -0.2) is 24.1 Å². The Kier molecular flexibility index (Phi) is 3.52. The van der Waals surface area contributed by atoms with E-state index in [4.69, 9.17) is 11.6 Å². The Bertz CT molecular complexity index is 672. The quantitative estimate of drug-likeness (QED) is 0.741. The molecule has 0 N–H and O–H groups in total. The second kappa shape index (κ2) is 5.46. The fourth-order valence-electron chi connectivity index (χ4n) is 2.18. The average Bonchev–Trinajstić information content (AvgIpc) is 3.12. The topological polar surface area (TPSA) is 48.5 Å². The van der Waals surface area contributed by atoms with Crippen molar-refractivity contribution >= 4 is 11.6 Å². The van der Waals surface area contributed by atoms with Crippen LogP contribution in [-0.2, 0) is 0 Å². The van der Waals surface area contributed by atoms with Gasteiger partial charge in [-0.25, -0.2) is 15.0 Å². The molecule has 0 radical (unpaired) electrons. The molecule has 0 bridgehead atoms. The molecule has 0 amide bonds. The van der Waals surface area contributed by atoms with Crippen LogP contribution in [0.15, 0.2) is 49.6 Å². The molecule has 0 saturated carbocycles. The normalized spacial score (nSPS) is 12.5. The number of halogens is 1. The summed E-state index contributed by atoms with van der Waals surface area (Å²) in [4.78, 5) is 12.9. The Labute approximate surface area is 121 Å². The van der Waals surface area contributed by atoms with Gasteiger partial charge in [-0.2, -0.15) is 0 Å². The van der Waals surface area contributed by atoms with Crippen molar-refractivity contribution in [1.29, 1.82) is 0 Å². The van der Waals surface area contributed by atoms with Crippen molar-refractivity contribution in [2.75, 3.05) is 0 Å². The SMILES string of the molecule is CCC(c1cn(-c2ccc(Cl)cn2)cn1)n1ccnc1. The van der Waals surface area contributed by atoms with Crippen molar-refractivity contribution in [2.24, 2.45) is 0 Å². The Balaban J connectivity index is 1.91. The highest BCUT2D eigenvalue weighted by molar-refractivity contribution is 6.30. The zero-order valence-electron chi connectivity index (χ0n) is 11.0. The molecule has 1 atom stereocenters. The Hall–Kier alpha value is -2.14. The minimum absolute atomic E-state index is 0.186. The number of rotatable bonds is 4. The van der Waals surface area contributed by atoms with Gasteiger partial charge in [-0.15, -0.1) is 0 Å². The smallest absolute Gasteiger partial charge is 0.137 e. The van der Waals surface area contributed by atoms with Crippen LogP contribution in [0.5, 0.6) is 0 Å². The van der Waals surface area contributed by atoms with Gasteiger partial charge in [-0.05, 0) is 18.6 Å². The molecule has 0 saturated heterocycles. The lowest BCUT2D eigenvalue weighted by Crippen LogP contribution is -2.08. The largest absolute Gasteiger partial charge is 0.328 e. The van der Waals surface area contributed by atoms with Crippen LogP contribution in [0.1, 0.15) is 25.1 Å². The zero-order valence-corrected chi connectivity index (χ0v) is 11.8. The second-order valence-electron chi connectivity index (χ2n) is 4.47. The van der Waals surface area contributed by atoms with E-state index < -0.39 is 0 Å². The first-order chi connectivity index (χ1) is 9.78. The first-order valence-electron chi connectivity index (χ1n) is 6.41. The molecule has 102 valence electrons. The van der Waals surface area contributed by atoms with E-state index in [1.54, 1.807) is 18.7 Å². The van der Waals surface area contributed by atoms with E-state index in [1.165, 1.54) is 0 Å². The van der Waals surface area contributed by atoms with Gasteiger partial charge in [0.05, 0.1) is 23.1 Å². The van der Waals surface area contributed by atoms with E-state index in [2.05, 4.69) is 26.4 Å². The van der Waals surface area contributed by atoms with E-state index in [9.17, 15) is 0 Å². The predicted octanol–water partition coefficient (Wildman–Crippen LogP) is 3.12. The molecule has 3 aromatic rings. The Morgan fingerprint density at radius 2 is 2.15 bits per heavy atom. The van der Waals surface area contributed by atoms with E-state index >= 15 is 0 Å². The molecule has 6 heteroatoms. The third-order valence-electron chi connectivity index (χ3n) is 3.19. The van der Waals surface area contributed by atoms with Crippen LogP contribution in [0.25, 0.3) is 5.82 Å². The molecular weight excluding hydrogens is 274 g/mol. The third-order valence-corrected chi connectivity index (χ3v) is 3.42. The maximum atomic E-state index is 5.85. The number of hydrogen-bond donors (Lipinski definition) is 0. The summed E-state index contributed by atoms with van der Waals surface area (Å²) < 4.78 is 3.95. The van der Waals surface area contributed by atoms with Gasteiger partial charge in [-0.1, -0.05) is 18.5 Å². The van der Waals surface area contributed by atoms with Crippen LogP contribution in [0.4, 0.5) is 0 Å². The summed E-state index contributed by atoms with van der Waals surface area (Å²) in [5.74, 6) is 0.800. The fraction of sp³-hybridized carbons (Fsp3) is 0.214. The van der Waals surface area contributed by atoms with Crippen LogP contribution < -0.4 is 0 Å². The van der Waals surface area contributed by atoms with Crippen LogP contribution in [0, 0.1) is 0 Å². The van der Waals surface area contributed by atoms with Crippen molar-refractivity contribution in [3.8, 4) is 5.82 Å². The molecule has 0 aliphatic carbocycles. The maximum Gasteiger partial charge on any atom is 0.137 e. The van der Waals surface area contributed by atoms with Gasteiger partial charge in [0.25, 0.3) is 0 Å². The van der Waals surface area contributed by atoms with Gasteiger partial charge >= 0.3 is 0 Å². The molecule has 3 aromatic heterocycles. The van der Waals surface area contributed by atoms with E-state index in [0.717, 1.165) is 17.9 Å².